The van der Waals surface area contributed by atoms with Gasteiger partial charge in [0.25, 0.3) is 0 Å². The molecule has 0 N–H and O–H groups in total. The van der Waals surface area contributed by atoms with Crippen molar-refractivity contribution in [2.24, 2.45) is 0 Å². The fourth-order valence-corrected chi connectivity index (χ4v) is 2.66. The lowest BCUT2D eigenvalue weighted by Crippen LogP contribution is -2.04. The Hall–Kier alpha value is -2.20. The summed E-state index contributed by atoms with van der Waals surface area (Å²) in [6.45, 7) is 1.90. The molecule has 0 fully saturated rings. The van der Waals surface area contributed by atoms with Gasteiger partial charge in [0, 0.05) is 29.6 Å². The molecule has 112 valence electrons. The third kappa shape index (κ3) is 2.62. The number of aryl methyl sites for hydroxylation is 1. The minimum absolute atomic E-state index is 0.0701. The number of ketones is 1. The van der Waals surface area contributed by atoms with Crippen LogP contribution in [-0.4, -0.2) is 22.9 Å². The van der Waals surface area contributed by atoms with Crippen molar-refractivity contribution in [1.29, 1.82) is 0 Å². The van der Waals surface area contributed by atoms with Crippen molar-refractivity contribution >= 4 is 23.0 Å². The molecule has 0 bridgehead atoms. The molecule has 4 nitrogen and oxygen atoms in total. The zero-order valence-electron chi connectivity index (χ0n) is 12.4. The monoisotopic (exact) mass is 314 g/mol. The summed E-state index contributed by atoms with van der Waals surface area (Å²) >= 11 is 5.91. The van der Waals surface area contributed by atoms with Gasteiger partial charge in [-0.25, -0.2) is 9.97 Å². The van der Waals surface area contributed by atoms with Crippen molar-refractivity contribution in [2.45, 2.75) is 19.8 Å². The van der Waals surface area contributed by atoms with Crippen molar-refractivity contribution in [1.82, 2.24) is 9.97 Å². The van der Waals surface area contributed by atoms with Crippen molar-refractivity contribution in [2.75, 3.05) is 7.11 Å². The van der Waals surface area contributed by atoms with Gasteiger partial charge in [0.1, 0.15) is 5.76 Å². The van der Waals surface area contributed by atoms with Crippen LogP contribution in [0, 0.1) is 6.92 Å². The molecule has 0 atom stereocenters. The number of benzene rings is 1. The third-order valence-electron chi connectivity index (χ3n) is 3.69. The molecule has 3 rings (SSSR count). The van der Waals surface area contributed by atoms with Gasteiger partial charge in [0.2, 0.25) is 0 Å². The second-order valence-electron chi connectivity index (χ2n) is 5.16. The number of nitrogens with zero attached hydrogens (tertiary/aromatic N) is 2. The number of aromatic nitrogens is 2. The first kappa shape index (κ1) is 14.7. The van der Waals surface area contributed by atoms with E-state index in [-0.39, 0.29) is 5.78 Å². The van der Waals surface area contributed by atoms with Gasteiger partial charge in [-0.05, 0) is 36.8 Å². The predicted octanol–water partition coefficient (Wildman–Crippen LogP) is 3.83. The largest absolute Gasteiger partial charge is 0.500 e. The zero-order chi connectivity index (χ0) is 15.7. The molecule has 0 radical (unpaired) electrons. The first-order valence-corrected chi connectivity index (χ1v) is 7.38. The normalized spacial score (nSPS) is 14.6. The lowest BCUT2D eigenvalue weighted by Gasteiger charge is -2.09. The Labute approximate surface area is 133 Å². The molecule has 1 aliphatic carbocycles. The Kier molecular flexibility index (Phi) is 3.94. The van der Waals surface area contributed by atoms with Gasteiger partial charge in [-0.3, -0.25) is 4.79 Å². The molecule has 0 unspecified atom stereocenters. The molecule has 0 saturated heterocycles. The first-order chi connectivity index (χ1) is 10.6. The van der Waals surface area contributed by atoms with Crippen LogP contribution in [0.3, 0.4) is 0 Å². The van der Waals surface area contributed by atoms with Gasteiger partial charge >= 0.3 is 0 Å². The number of allylic oxidation sites excluding steroid dienone is 2. The van der Waals surface area contributed by atoms with Crippen LogP contribution in [0.2, 0.25) is 5.02 Å². The Bertz CT molecular complexity index is 767. The van der Waals surface area contributed by atoms with Crippen LogP contribution in [0.5, 0.6) is 0 Å². The second-order valence-corrected chi connectivity index (χ2v) is 5.59. The van der Waals surface area contributed by atoms with Crippen LogP contribution < -0.4 is 0 Å². The topological polar surface area (TPSA) is 52.1 Å². The summed E-state index contributed by atoms with van der Waals surface area (Å²) < 4.78 is 5.35. The number of hydrogen-bond donors (Lipinski definition) is 0. The van der Waals surface area contributed by atoms with Gasteiger partial charge in [0.15, 0.2) is 11.6 Å². The first-order valence-electron chi connectivity index (χ1n) is 7.00. The number of rotatable bonds is 3. The zero-order valence-corrected chi connectivity index (χ0v) is 13.1. The highest BCUT2D eigenvalue weighted by Gasteiger charge is 2.28. The molecular weight excluding hydrogens is 300 g/mol. The van der Waals surface area contributed by atoms with Crippen LogP contribution in [0.1, 0.15) is 24.1 Å². The van der Waals surface area contributed by atoms with Crippen LogP contribution >= 0.6 is 11.6 Å². The van der Waals surface area contributed by atoms with E-state index in [9.17, 15) is 4.79 Å². The number of ether oxygens (including phenoxy) is 1. The molecule has 22 heavy (non-hydrogen) atoms. The van der Waals surface area contributed by atoms with E-state index in [1.807, 2.05) is 19.1 Å². The number of Topliss-reactive ketones (excluding diaryl/α,β-unsaturated/α-hetero) is 1. The maximum atomic E-state index is 12.2. The minimum Gasteiger partial charge on any atom is -0.500 e. The molecule has 5 heteroatoms. The highest BCUT2D eigenvalue weighted by Crippen LogP contribution is 2.32. The van der Waals surface area contributed by atoms with Crippen LogP contribution in [0.15, 0.2) is 36.2 Å². The van der Waals surface area contributed by atoms with Crippen molar-refractivity contribution in [3.63, 3.8) is 0 Å². The van der Waals surface area contributed by atoms with Gasteiger partial charge < -0.3 is 4.74 Å². The summed E-state index contributed by atoms with van der Waals surface area (Å²) in [5, 5.41) is 0.659. The van der Waals surface area contributed by atoms with E-state index in [1.165, 1.54) is 0 Å². The molecule has 1 aromatic heterocycles. The molecule has 0 aliphatic heterocycles. The molecule has 1 aliphatic rings. The van der Waals surface area contributed by atoms with Crippen molar-refractivity contribution in [3.05, 3.63) is 52.5 Å². The summed E-state index contributed by atoms with van der Waals surface area (Å²) in [7, 11) is 1.59. The van der Waals surface area contributed by atoms with E-state index >= 15 is 0 Å². The number of carbonyl (C=O) groups is 1. The summed E-state index contributed by atoms with van der Waals surface area (Å²) in [6, 6.07) is 7.30. The highest BCUT2D eigenvalue weighted by molar-refractivity contribution is 6.30. The lowest BCUT2D eigenvalue weighted by atomic mass is 10.1. The molecular formula is C17H15ClN2O2. The Balaban J connectivity index is 2.11. The summed E-state index contributed by atoms with van der Waals surface area (Å²) in [4.78, 5) is 21.1. The van der Waals surface area contributed by atoms with E-state index in [1.54, 1.807) is 25.4 Å². The van der Waals surface area contributed by atoms with Crippen molar-refractivity contribution in [3.8, 4) is 11.4 Å². The molecule has 1 aromatic carbocycles. The second kappa shape index (κ2) is 5.89. The van der Waals surface area contributed by atoms with Gasteiger partial charge in [0.05, 0.1) is 18.4 Å². The number of methoxy groups -OCH3 is 1. The number of carbonyl (C=O) groups excluding carboxylic acids is 1. The maximum absolute atomic E-state index is 12.2. The van der Waals surface area contributed by atoms with E-state index in [2.05, 4.69) is 9.97 Å². The summed E-state index contributed by atoms with van der Waals surface area (Å²) in [5.41, 5.74) is 2.95. The van der Waals surface area contributed by atoms with Crippen LogP contribution in [0.25, 0.3) is 17.0 Å². The van der Waals surface area contributed by atoms with Crippen LogP contribution in [-0.2, 0) is 9.53 Å². The molecule has 0 saturated carbocycles. The smallest absolute Gasteiger partial charge is 0.168 e. The lowest BCUT2D eigenvalue weighted by molar-refractivity contribution is -0.113. The fraction of sp³-hybridized carbons (Fsp3) is 0.235. The Morgan fingerprint density at radius 2 is 1.91 bits per heavy atom. The maximum Gasteiger partial charge on any atom is 0.168 e. The molecule has 2 aromatic rings. The average molecular weight is 315 g/mol. The molecule has 1 heterocycles. The highest BCUT2D eigenvalue weighted by atomic mass is 35.5. The average Bonchev–Trinajstić information content (AvgIpc) is 2.89. The van der Waals surface area contributed by atoms with Crippen LogP contribution in [0.4, 0.5) is 0 Å². The Morgan fingerprint density at radius 3 is 2.59 bits per heavy atom. The number of halogens is 1. The SMILES string of the molecule is COC1=C(c2nc(-c3ccc(Cl)cc3)ncc2C)C(=O)CC1. The van der Waals surface area contributed by atoms with Gasteiger partial charge in [-0.1, -0.05) is 11.6 Å². The predicted molar refractivity (Wildman–Crippen MR) is 85.4 cm³/mol. The summed E-state index contributed by atoms with van der Waals surface area (Å²) in [6.07, 6.45) is 2.83. The van der Waals surface area contributed by atoms with Crippen molar-refractivity contribution < 1.29 is 9.53 Å². The van der Waals surface area contributed by atoms with E-state index in [0.717, 1.165) is 11.1 Å². The Morgan fingerprint density at radius 1 is 1.18 bits per heavy atom. The third-order valence-corrected chi connectivity index (χ3v) is 3.95. The molecule has 0 amide bonds. The fourth-order valence-electron chi connectivity index (χ4n) is 2.53. The number of hydrogen-bond acceptors (Lipinski definition) is 4. The standard InChI is InChI=1S/C17H15ClN2O2/c1-10-9-19-17(11-3-5-12(18)6-4-11)20-16(10)15-13(21)7-8-14(15)22-2/h3-6,9H,7-8H2,1-2H3. The van der Waals surface area contributed by atoms with Gasteiger partial charge in [-0.15, -0.1) is 0 Å². The summed E-state index contributed by atoms with van der Waals surface area (Å²) in [5.74, 6) is 1.34. The quantitative estimate of drug-likeness (QED) is 0.864. The van der Waals surface area contributed by atoms with E-state index in [0.29, 0.717) is 40.7 Å². The van der Waals surface area contributed by atoms with E-state index in [4.69, 9.17) is 16.3 Å². The van der Waals surface area contributed by atoms with E-state index < -0.39 is 0 Å². The molecule has 0 spiro atoms. The van der Waals surface area contributed by atoms with Gasteiger partial charge in [-0.2, -0.15) is 0 Å². The minimum atomic E-state index is 0.0701.